The van der Waals surface area contributed by atoms with Crippen LogP contribution in [0.15, 0.2) is 36.4 Å². The smallest absolute Gasteiger partial charge is 0.202 e. The van der Waals surface area contributed by atoms with Crippen molar-refractivity contribution < 1.29 is 14.9 Å². The van der Waals surface area contributed by atoms with E-state index in [-0.39, 0.29) is 11.2 Å². The van der Waals surface area contributed by atoms with Gasteiger partial charge in [0.2, 0.25) is 6.29 Å². The molecular weight excluding hydrogens is 264 g/mol. The van der Waals surface area contributed by atoms with Crippen LogP contribution in [-0.4, -0.2) is 16.5 Å². The second-order valence-corrected chi connectivity index (χ2v) is 6.69. The third-order valence-corrected chi connectivity index (χ3v) is 3.70. The molecule has 0 amide bonds. The summed E-state index contributed by atoms with van der Waals surface area (Å²) < 4.78 is 5.79. The summed E-state index contributed by atoms with van der Waals surface area (Å²) in [6, 6.07) is 10.8. The van der Waals surface area contributed by atoms with Gasteiger partial charge in [-0.2, -0.15) is 0 Å². The molecule has 1 atom stereocenters. The van der Waals surface area contributed by atoms with E-state index in [0.717, 1.165) is 17.2 Å². The van der Waals surface area contributed by atoms with Crippen LogP contribution in [0.1, 0.15) is 34.1 Å². The fourth-order valence-electron chi connectivity index (χ4n) is 2.80. The number of hydrogen-bond acceptors (Lipinski definition) is 3. The van der Waals surface area contributed by atoms with Gasteiger partial charge < -0.3 is 14.9 Å². The Hall–Kier alpha value is -1.74. The predicted octanol–water partition coefficient (Wildman–Crippen LogP) is 4.31. The van der Waals surface area contributed by atoms with Crippen molar-refractivity contribution in [3.05, 3.63) is 36.4 Å². The first-order valence-corrected chi connectivity index (χ1v) is 7.36. The van der Waals surface area contributed by atoms with Gasteiger partial charge in [-0.05, 0) is 24.5 Å². The summed E-state index contributed by atoms with van der Waals surface area (Å²) in [5.41, 5.74) is -0.340. The molecule has 2 aromatic rings. The normalized spacial score (nSPS) is 13.6. The molecule has 0 aromatic heterocycles. The molecule has 0 aliphatic carbocycles. The van der Waals surface area contributed by atoms with Crippen molar-refractivity contribution in [3.8, 4) is 11.5 Å². The Kier molecular flexibility index (Phi) is 4.43. The van der Waals surface area contributed by atoms with Crippen molar-refractivity contribution in [2.75, 3.05) is 0 Å². The van der Waals surface area contributed by atoms with Crippen LogP contribution in [0.4, 0.5) is 0 Å². The van der Waals surface area contributed by atoms with Gasteiger partial charge in [-0.3, -0.25) is 0 Å². The summed E-state index contributed by atoms with van der Waals surface area (Å²) in [5, 5.41) is 21.8. The van der Waals surface area contributed by atoms with Gasteiger partial charge in [0.25, 0.3) is 0 Å². The molecule has 0 saturated carbocycles. The molecule has 1 unspecified atom stereocenters. The summed E-state index contributed by atoms with van der Waals surface area (Å²) in [4.78, 5) is 0. The van der Waals surface area contributed by atoms with E-state index in [2.05, 4.69) is 13.8 Å². The van der Waals surface area contributed by atoms with E-state index < -0.39 is 6.29 Å². The van der Waals surface area contributed by atoms with Crippen molar-refractivity contribution in [1.29, 1.82) is 0 Å². The molecule has 3 heteroatoms. The molecule has 0 radical (unpaired) electrons. The van der Waals surface area contributed by atoms with Crippen LogP contribution < -0.4 is 4.74 Å². The molecule has 0 heterocycles. The highest BCUT2D eigenvalue weighted by atomic mass is 16.6. The molecule has 2 aromatic carbocycles. The van der Waals surface area contributed by atoms with Crippen molar-refractivity contribution >= 4 is 10.8 Å². The Labute approximate surface area is 126 Å². The highest BCUT2D eigenvalue weighted by molar-refractivity contribution is 5.92. The van der Waals surface area contributed by atoms with Crippen LogP contribution in [0.2, 0.25) is 0 Å². The Balaban J connectivity index is 2.30. The zero-order valence-corrected chi connectivity index (χ0v) is 13.1. The molecule has 2 rings (SSSR count). The molecule has 0 saturated heterocycles. The maximum Gasteiger partial charge on any atom is 0.202 e. The van der Waals surface area contributed by atoms with Crippen LogP contribution in [0.5, 0.6) is 11.5 Å². The third kappa shape index (κ3) is 3.48. The molecule has 0 spiro atoms. The summed E-state index contributed by atoms with van der Waals surface area (Å²) >= 11 is 0. The van der Waals surface area contributed by atoms with Gasteiger partial charge >= 0.3 is 0 Å². The van der Waals surface area contributed by atoms with Gasteiger partial charge in [0.1, 0.15) is 11.5 Å². The fourth-order valence-corrected chi connectivity index (χ4v) is 2.80. The summed E-state index contributed by atoms with van der Waals surface area (Å²) in [6.45, 7) is 8.26. The van der Waals surface area contributed by atoms with E-state index in [1.807, 2.05) is 38.1 Å². The van der Waals surface area contributed by atoms with E-state index in [0.29, 0.717) is 11.7 Å². The van der Waals surface area contributed by atoms with Crippen molar-refractivity contribution in [1.82, 2.24) is 0 Å². The number of phenols is 1. The SMILES string of the molecule is CC(C)CC(C)(C)C(O)Oc1cccc2c(O)cccc12. The highest BCUT2D eigenvalue weighted by Crippen LogP contribution is 2.35. The monoisotopic (exact) mass is 288 g/mol. The molecule has 0 aliphatic heterocycles. The van der Waals surface area contributed by atoms with E-state index in [4.69, 9.17) is 4.74 Å². The number of rotatable bonds is 5. The molecule has 0 aliphatic rings. The van der Waals surface area contributed by atoms with Crippen LogP contribution in [0.25, 0.3) is 10.8 Å². The largest absolute Gasteiger partial charge is 0.507 e. The first-order valence-electron chi connectivity index (χ1n) is 7.36. The van der Waals surface area contributed by atoms with E-state index in [9.17, 15) is 10.2 Å². The first-order chi connectivity index (χ1) is 9.81. The topological polar surface area (TPSA) is 49.7 Å². The molecule has 0 fully saturated rings. The van der Waals surface area contributed by atoms with Gasteiger partial charge in [0.15, 0.2) is 0 Å². The minimum Gasteiger partial charge on any atom is -0.507 e. The third-order valence-electron chi connectivity index (χ3n) is 3.70. The standard InChI is InChI=1S/C18H24O3/c1-12(2)11-18(3,4)17(20)21-16-10-6-7-13-14(16)8-5-9-15(13)19/h5-10,12,17,19-20H,11H2,1-4H3. The lowest BCUT2D eigenvalue weighted by Gasteiger charge is -2.32. The molecule has 114 valence electrons. The zero-order valence-electron chi connectivity index (χ0n) is 13.1. The number of aromatic hydroxyl groups is 1. The van der Waals surface area contributed by atoms with E-state index in [1.165, 1.54) is 0 Å². The Morgan fingerprint density at radius 3 is 2.33 bits per heavy atom. The average molecular weight is 288 g/mol. The lowest BCUT2D eigenvalue weighted by atomic mass is 9.83. The number of fused-ring (bicyclic) bond motifs is 1. The maximum atomic E-state index is 10.4. The van der Waals surface area contributed by atoms with Crippen LogP contribution in [0, 0.1) is 11.3 Å². The zero-order chi connectivity index (χ0) is 15.6. The number of aliphatic hydroxyl groups excluding tert-OH is 1. The van der Waals surface area contributed by atoms with Gasteiger partial charge in [-0.25, -0.2) is 0 Å². The lowest BCUT2D eigenvalue weighted by molar-refractivity contribution is -0.107. The molecule has 21 heavy (non-hydrogen) atoms. The van der Waals surface area contributed by atoms with Crippen LogP contribution >= 0.6 is 0 Å². The van der Waals surface area contributed by atoms with E-state index >= 15 is 0 Å². The average Bonchev–Trinajstić information content (AvgIpc) is 2.38. The van der Waals surface area contributed by atoms with Crippen molar-refractivity contribution in [2.24, 2.45) is 11.3 Å². The van der Waals surface area contributed by atoms with Crippen LogP contribution in [-0.2, 0) is 0 Å². The first kappa shape index (κ1) is 15.6. The number of hydrogen-bond donors (Lipinski definition) is 2. The Morgan fingerprint density at radius 2 is 1.67 bits per heavy atom. The van der Waals surface area contributed by atoms with Gasteiger partial charge in [0.05, 0.1) is 0 Å². The van der Waals surface area contributed by atoms with Gasteiger partial charge in [0, 0.05) is 16.2 Å². The lowest BCUT2D eigenvalue weighted by Crippen LogP contribution is -2.35. The Morgan fingerprint density at radius 1 is 1.05 bits per heavy atom. The highest BCUT2D eigenvalue weighted by Gasteiger charge is 2.30. The molecule has 3 nitrogen and oxygen atoms in total. The molecule has 2 N–H and O–H groups in total. The van der Waals surface area contributed by atoms with E-state index in [1.54, 1.807) is 12.1 Å². The molecular formula is C18H24O3. The Bertz CT molecular complexity index is 617. The fraction of sp³-hybridized carbons (Fsp3) is 0.444. The number of aliphatic hydroxyl groups is 1. The second kappa shape index (κ2) is 5.94. The summed E-state index contributed by atoms with van der Waals surface area (Å²) in [5.74, 6) is 1.29. The number of benzene rings is 2. The maximum absolute atomic E-state index is 10.4. The number of phenolic OH excluding ortho intramolecular Hbond substituents is 1. The second-order valence-electron chi connectivity index (χ2n) is 6.69. The minimum atomic E-state index is -0.896. The van der Waals surface area contributed by atoms with Crippen molar-refractivity contribution in [3.63, 3.8) is 0 Å². The number of ether oxygens (including phenoxy) is 1. The predicted molar refractivity (Wildman–Crippen MR) is 85.5 cm³/mol. The van der Waals surface area contributed by atoms with Gasteiger partial charge in [-0.15, -0.1) is 0 Å². The molecule has 0 bridgehead atoms. The van der Waals surface area contributed by atoms with Gasteiger partial charge in [-0.1, -0.05) is 52.0 Å². The summed E-state index contributed by atoms with van der Waals surface area (Å²) in [6.07, 6.45) is -0.0302. The summed E-state index contributed by atoms with van der Waals surface area (Å²) in [7, 11) is 0. The van der Waals surface area contributed by atoms with Crippen LogP contribution in [0.3, 0.4) is 0 Å². The van der Waals surface area contributed by atoms with Crippen molar-refractivity contribution in [2.45, 2.75) is 40.4 Å². The minimum absolute atomic E-state index is 0.217. The quantitative estimate of drug-likeness (QED) is 0.806.